The van der Waals surface area contributed by atoms with Crippen molar-refractivity contribution in [3.05, 3.63) is 47.4 Å². The highest BCUT2D eigenvalue weighted by atomic mass is 32.2. The molecule has 0 heterocycles. The number of sulfonamides is 1. The molecule has 1 aliphatic rings. The van der Waals surface area contributed by atoms with E-state index in [1.807, 2.05) is 18.2 Å². The molecule has 0 bridgehead atoms. The maximum atomic E-state index is 12.5. The van der Waals surface area contributed by atoms with Crippen LogP contribution < -0.4 is 9.46 Å². The highest BCUT2D eigenvalue weighted by Crippen LogP contribution is 2.28. The molecule has 0 aliphatic heterocycles. The van der Waals surface area contributed by atoms with Gasteiger partial charge in [0, 0.05) is 17.9 Å². The Kier molecular flexibility index (Phi) is 9.41. The van der Waals surface area contributed by atoms with Crippen LogP contribution in [0.1, 0.15) is 56.9 Å². The second kappa shape index (κ2) is 11.8. The molecule has 0 spiro atoms. The first-order valence-corrected chi connectivity index (χ1v) is 11.7. The molecule has 2 rings (SSSR count). The summed E-state index contributed by atoms with van der Waals surface area (Å²) in [5.41, 5.74) is 0.792. The van der Waals surface area contributed by atoms with Crippen LogP contribution in [0.15, 0.2) is 41.8 Å². The molecule has 0 saturated heterocycles. The predicted octanol–water partition coefficient (Wildman–Crippen LogP) is 4.35. The first-order chi connectivity index (χ1) is 13.9. The fraction of sp³-hybridized carbons (Fsp3) is 0.500. The summed E-state index contributed by atoms with van der Waals surface area (Å²) in [4.78, 5) is 10.5. The minimum absolute atomic E-state index is 0.0714. The zero-order chi connectivity index (χ0) is 21.1. The van der Waals surface area contributed by atoms with Gasteiger partial charge in [-0.1, -0.05) is 37.1 Å². The number of carbonyl (C=O) groups is 1. The van der Waals surface area contributed by atoms with Crippen LogP contribution in [0.4, 0.5) is 0 Å². The van der Waals surface area contributed by atoms with Crippen molar-refractivity contribution in [2.75, 3.05) is 7.11 Å². The standard InChI is InChI=1S/C22H31NO5S/c1-28-20-14-12-18(13-15-20)16-17-29(26,27)23-21-10-7-6-9-19(21)8-4-2-3-5-11-22(24)25/h2,4,12-17,19,21,23H,3,5-11H2,1H3,(H,24,25). The van der Waals surface area contributed by atoms with Gasteiger partial charge < -0.3 is 9.84 Å². The third-order valence-corrected chi connectivity index (χ3v) is 6.27. The van der Waals surface area contributed by atoms with Gasteiger partial charge in [-0.05, 0) is 61.8 Å². The smallest absolute Gasteiger partial charge is 0.303 e. The summed E-state index contributed by atoms with van der Waals surface area (Å²) in [6.45, 7) is 0. The summed E-state index contributed by atoms with van der Waals surface area (Å²) in [7, 11) is -1.94. The van der Waals surface area contributed by atoms with E-state index in [4.69, 9.17) is 9.84 Å². The van der Waals surface area contributed by atoms with Gasteiger partial charge in [-0.2, -0.15) is 0 Å². The molecule has 0 radical (unpaired) electrons. The number of hydrogen-bond donors (Lipinski definition) is 2. The van der Waals surface area contributed by atoms with Crippen LogP contribution in [0.3, 0.4) is 0 Å². The summed E-state index contributed by atoms with van der Waals surface area (Å²) in [5.74, 6) is 0.218. The van der Waals surface area contributed by atoms with Crippen LogP contribution in [0.2, 0.25) is 0 Å². The molecule has 1 fully saturated rings. The highest BCUT2D eigenvalue weighted by Gasteiger charge is 2.27. The van der Waals surface area contributed by atoms with Crippen molar-refractivity contribution in [2.24, 2.45) is 5.92 Å². The van der Waals surface area contributed by atoms with E-state index in [9.17, 15) is 13.2 Å². The van der Waals surface area contributed by atoms with E-state index in [1.165, 1.54) is 5.41 Å². The van der Waals surface area contributed by atoms with Gasteiger partial charge in [-0.3, -0.25) is 4.79 Å². The second-order valence-corrected chi connectivity index (χ2v) is 8.98. The van der Waals surface area contributed by atoms with Gasteiger partial charge in [0.1, 0.15) is 5.75 Å². The lowest BCUT2D eigenvalue weighted by molar-refractivity contribution is -0.137. The zero-order valence-electron chi connectivity index (χ0n) is 16.9. The van der Waals surface area contributed by atoms with Crippen molar-refractivity contribution in [1.29, 1.82) is 0 Å². The van der Waals surface area contributed by atoms with Crippen LogP contribution in [0.5, 0.6) is 5.75 Å². The molecule has 1 saturated carbocycles. The number of unbranched alkanes of at least 4 members (excludes halogenated alkanes) is 1. The van der Waals surface area contributed by atoms with Gasteiger partial charge in [0.05, 0.1) is 7.11 Å². The lowest BCUT2D eigenvalue weighted by Crippen LogP contribution is -2.41. The Labute approximate surface area is 173 Å². The highest BCUT2D eigenvalue weighted by molar-refractivity contribution is 7.92. The number of benzene rings is 1. The molecule has 2 atom stereocenters. The number of nitrogens with one attached hydrogen (secondary N) is 1. The summed E-state index contributed by atoms with van der Waals surface area (Å²) in [5, 5.41) is 9.88. The number of rotatable bonds is 11. The van der Waals surface area contributed by atoms with E-state index in [0.29, 0.717) is 6.42 Å². The van der Waals surface area contributed by atoms with Crippen molar-refractivity contribution in [2.45, 2.75) is 57.4 Å². The Hall–Kier alpha value is -2.12. The molecule has 1 aromatic rings. The first kappa shape index (κ1) is 23.2. The van der Waals surface area contributed by atoms with Crippen molar-refractivity contribution in [1.82, 2.24) is 4.72 Å². The molecule has 7 heteroatoms. The van der Waals surface area contributed by atoms with Gasteiger partial charge in [0.25, 0.3) is 0 Å². The Balaban J connectivity index is 1.89. The minimum atomic E-state index is -3.53. The average Bonchev–Trinajstić information content (AvgIpc) is 2.70. The molecule has 2 N–H and O–H groups in total. The van der Waals surface area contributed by atoms with E-state index in [0.717, 1.165) is 49.8 Å². The number of aliphatic carboxylic acids is 1. The van der Waals surface area contributed by atoms with E-state index in [-0.39, 0.29) is 18.4 Å². The molecule has 160 valence electrons. The molecule has 1 aromatic carbocycles. The van der Waals surface area contributed by atoms with Crippen LogP contribution in [-0.4, -0.2) is 32.6 Å². The number of carboxylic acids is 1. The lowest BCUT2D eigenvalue weighted by atomic mass is 9.83. The van der Waals surface area contributed by atoms with Gasteiger partial charge in [0.15, 0.2) is 0 Å². The second-order valence-electron chi connectivity index (χ2n) is 7.38. The van der Waals surface area contributed by atoms with Gasteiger partial charge in [0.2, 0.25) is 10.0 Å². The third kappa shape index (κ3) is 8.83. The lowest BCUT2D eigenvalue weighted by Gasteiger charge is -2.31. The Bertz CT molecular complexity index is 799. The van der Waals surface area contributed by atoms with Gasteiger partial charge >= 0.3 is 5.97 Å². The van der Waals surface area contributed by atoms with Gasteiger partial charge in [-0.15, -0.1) is 0 Å². The maximum absolute atomic E-state index is 12.5. The third-order valence-electron chi connectivity index (χ3n) is 5.15. The fourth-order valence-corrected chi connectivity index (χ4v) is 4.69. The summed E-state index contributed by atoms with van der Waals surface area (Å²) >= 11 is 0. The fourth-order valence-electron chi connectivity index (χ4n) is 3.54. The van der Waals surface area contributed by atoms with Crippen molar-refractivity contribution in [3.63, 3.8) is 0 Å². The van der Waals surface area contributed by atoms with E-state index < -0.39 is 16.0 Å². The largest absolute Gasteiger partial charge is 0.497 e. The van der Waals surface area contributed by atoms with Crippen molar-refractivity contribution in [3.8, 4) is 5.75 Å². The zero-order valence-corrected chi connectivity index (χ0v) is 17.7. The average molecular weight is 422 g/mol. The van der Waals surface area contributed by atoms with Crippen molar-refractivity contribution < 1.29 is 23.1 Å². The number of carboxylic acid groups (broad SMARTS) is 1. The van der Waals surface area contributed by atoms with Crippen molar-refractivity contribution >= 4 is 22.1 Å². The SMILES string of the molecule is COc1ccc(C=CS(=O)(=O)NC2CCCCC2CC=CCCCC(=O)O)cc1. The molecule has 0 amide bonds. The molecule has 6 nitrogen and oxygen atoms in total. The topological polar surface area (TPSA) is 92.7 Å². The Morgan fingerprint density at radius 3 is 2.62 bits per heavy atom. The summed E-state index contributed by atoms with van der Waals surface area (Å²) < 4.78 is 33.0. The van der Waals surface area contributed by atoms with Crippen LogP contribution in [0, 0.1) is 5.92 Å². The Morgan fingerprint density at radius 1 is 1.21 bits per heavy atom. The van der Waals surface area contributed by atoms with Crippen LogP contribution >= 0.6 is 0 Å². The minimum Gasteiger partial charge on any atom is -0.497 e. The first-order valence-electron chi connectivity index (χ1n) is 10.1. The summed E-state index contributed by atoms with van der Waals surface area (Å²) in [6.07, 6.45) is 12.0. The monoisotopic (exact) mass is 421 g/mol. The van der Waals surface area contributed by atoms with Crippen LogP contribution in [0.25, 0.3) is 6.08 Å². The summed E-state index contributed by atoms with van der Waals surface area (Å²) in [6, 6.07) is 7.13. The quantitative estimate of drug-likeness (QED) is 0.409. The number of hydrogen-bond acceptors (Lipinski definition) is 4. The number of ether oxygens (including phenoxy) is 1. The molecular formula is C22H31NO5S. The van der Waals surface area contributed by atoms with Crippen LogP contribution in [-0.2, 0) is 14.8 Å². The van der Waals surface area contributed by atoms with E-state index in [2.05, 4.69) is 10.8 Å². The Morgan fingerprint density at radius 2 is 1.93 bits per heavy atom. The van der Waals surface area contributed by atoms with E-state index in [1.54, 1.807) is 25.3 Å². The molecule has 2 unspecified atom stereocenters. The van der Waals surface area contributed by atoms with Gasteiger partial charge in [-0.25, -0.2) is 13.1 Å². The molecule has 0 aromatic heterocycles. The maximum Gasteiger partial charge on any atom is 0.303 e. The molecule has 1 aliphatic carbocycles. The molecular weight excluding hydrogens is 390 g/mol. The number of methoxy groups -OCH3 is 1. The normalized spacial score (nSPS) is 20.3. The van der Waals surface area contributed by atoms with E-state index >= 15 is 0 Å². The molecule has 29 heavy (non-hydrogen) atoms. The predicted molar refractivity (Wildman–Crippen MR) is 115 cm³/mol. The number of allylic oxidation sites excluding steroid dienone is 2.